The van der Waals surface area contributed by atoms with E-state index in [1.54, 1.807) is 45.0 Å². The second-order valence-electron chi connectivity index (χ2n) is 16.5. The zero-order chi connectivity index (χ0) is 38.8. The summed E-state index contributed by atoms with van der Waals surface area (Å²) >= 11 is 0. The van der Waals surface area contributed by atoms with Crippen LogP contribution in [-0.4, -0.2) is 98.2 Å². The first-order chi connectivity index (χ1) is 24.0. The van der Waals surface area contributed by atoms with Gasteiger partial charge in [-0.05, 0) is 59.6 Å². The van der Waals surface area contributed by atoms with E-state index >= 15 is 0 Å². The number of piperidine rings is 1. The molecule has 0 aromatic heterocycles. The van der Waals surface area contributed by atoms with Crippen molar-refractivity contribution in [2.75, 3.05) is 25.1 Å². The van der Waals surface area contributed by atoms with Crippen LogP contribution in [0.3, 0.4) is 0 Å². The lowest BCUT2D eigenvalue weighted by Crippen LogP contribution is -2.64. The van der Waals surface area contributed by atoms with Gasteiger partial charge in [0.15, 0.2) is 0 Å². The Balaban J connectivity index is 1.48. The van der Waals surface area contributed by atoms with Crippen LogP contribution >= 0.6 is 0 Å². The number of primary amides is 1. The minimum Gasteiger partial charge on any atom is -0.366 e. The molecule has 3 aliphatic rings. The van der Waals surface area contributed by atoms with Crippen molar-refractivity contribution in [3.63, 3.8) is 0 Å². The maximum absolute atomic E-state index is 14.3. The highest BCUT2D eigenvalue weighted by Gasteiger charge is 2.70. The first-order valence-corrected chi connectivity index (χ1v) is 19.9. The molecule has 2 aliphatic carbocycles. The van der Waals surface area contributed by atoms with Crippen molar-refractivity contribution in [2.24, 2.45) is 28.4 Å². The molecule has 1 aromatic rings. The number of halogens is 2. The zero-order valence-electron chi connectivity index (χ0n) is 30.9. The van der Waals surface area contributed by atoms with Crippen molar-refractivity contribution in [2.45, 2.75) is 110 Å². The number of nitrogens with zero attached hydrogens (tertiary/aromatic N) is 1. The lowest BCUT2D eigenvalue weighted by atomic mass is 9.83. The van der Waals surface area contributed by atoms with Crippen molar-refractivity contribution in [3.8, 4) is 0 Å². The van der Waals surface area contributed by atoms with Crippen molar-refractivity contribution in [1.82, 2.24) is 26.2 Å². The highest BCUT2D eigenvalue weighted by molar-refractivity contribution is 7.90. The molecule has 3 fully saturated rings. The molecular weight excluding hydrogens is 698 g/mol. The van der Waals surface area contributed by atoms with E-state index in [4.69, 9.17) is 5.73 Å². The third-order valence-electron chi connectivity index (χ3n) is 10.9. The number of urea groups is 1. The fraction of sp³-hybridized carbons (Fsp3) is 0.694. The standard InChI is InChI=1S/C36H54F2N6O7S/c1-34(2,3)28(42-33(49)43-36(20-52(6,50)51)15-8-7-9-16-36)32(48)44-19-23-26(35(23,4)5)27(44)31(47)41-24(18-25(37)38)30(46)40-17-14-21-10-12-22(13-11-21)29(39)45/h10-13,23-28H,7-9,14-20H2,1-6H3,(H2,39,45)(H,40,46)(H,41,47)(H2,42,43,49)/t23?,24?,26?,27?,28-/m1/s1. The smallest absolute Gasteiger partial charge is 0.315 e. The number of carbonyl (C=O) groups excluding carboxylic acids is 5. The molecule has 2 saturated carbocycles. The first-order valence-electron chi connectivity index (χ1n) is 17.9. The second-order valence-corrected chi connectivity index (χ2v) is 18.6. The number of carbonyl (C=O) groups is 5. The van der Waals surface area contributed by atoms with E-state index in [1.807, 2.05) is 13.8 Å². The number of alkyl halides is 2. The molecular formula is C36H54F2N6O7S. The highest BCUT2D eigenvalue weighted by Crippen LogP contribution is 2.65. The minimum absolute atomic E-state index is 0.0646. The summed E-state index contributed by atoms with van der Waals surface area (Å²) in [4.78, 5) is 67.7. The van der Waals surface area contributed by atoms with Crippen LogP contribution in [0.15, 0.2) is 24.3 Å². The number of sulfone groups is 1. The molecule has 6 N–H and O–H groups in total. The van der Waals surface area contributed by atoms with Gasteiger partial charge in [0.05, 0.1) is 11.3 Å². The summed E-state index contributed by atoms with van der Waals surface area (Å²) in [5.74, 6) is -3.26. The lowest BCUT2D eigenvalue weighted by molar-refractivity contribution is -0.144. The van der Waals surface area contributed by atoms with Gasteiger partial charge in [-0.3, -0.25) is 19.2 Å². The van der Waals surface area contributed by atoms with Gasteiger partial charge in [-0.2, -0.15) is 0 Å². The summed E-state index contributed by atoms with van der Waals surface area (Å²) in [6, 6.07) is 1.94. The second kappa shape index (κ2) is 15.7. The summed E-state index contributed by atoms with van der Waals surface area (Å²) in [7, 11) is -3.44. The molecule has 4 rings (SSSR count). The Hall–Kier alpha value is -3.82. The molecule has 0 bridgehead atoms. The van der Waals surface area contributed by atoms with Gasteiger partial charge in [0, 0.05) is 31.3 Å². The Morgan fingerprint density at radius 3 is 2.15 bits per heavy atom. The number of hydrogen-bond donors (Lipinski definition) is 5. The zero-order valence-corrected chi connectivity index (χ0v) is 31.7. The predicted molar refractivity (Wildman–Crippen MR) is 191 cm³/mol. The average Bonchev–Trinajstić information content (AvgIpc) is 3.33. The number of nitrogens with one attached hydrogen (secondary N) is 4. The molecule has 16 heteroatoms. The maximum Gasteiger partial charge on any atom is 0.315 e. The normalized spacial score (nSPS) is 23.2. The predicted octanol–water partition coefficient (Wildman–Crippen LogP) is 2.53. The van der Waals surface area contributed by atoms with E-state index in [0.29, 0.717) is 24.8 Å². The van der Waals surface area contributed by atoms with E-state index in [9.17, 15) is 41.2 Å². The Morgan fingerprint density at radius 1 is 1.00 bits per heavy atom. The molecule has 13 nitrogen and oxygen atoms in total. The van der Waals surface area contributed by atoms with Crippen LogP contribution in [0.2, 0.25) is 0 Å². The molecule has 5 atom stereocenters. The van der Waals surface area contributed by atoms with Crippen LogP contribution < -0.4 is 27.0 Å². The molecule has 1 saturated heterocycles. The summed E-state index contributed by atoms with van der Waals surface area (Å²) in [5, 5.41) is 10.8. The molecule has 290 valence electrons. The molecule has 1 heterocycles. The number of rotatable bonds is 14. The maximum atomic E-state index is 14.3. The Labute approximate surface area is 304 Å². The largest absolute Gasteiger partial charge is 0.366 e. The number of likely N-dealkylation sites (tertiary alicyclic amines) is 1. The number of nitrogens with two attached hydrogens (primary N) is 1. The molecule has 4 unspecified atom stereocenters. The van der Waals surface area contributed by atoms with Crippen molar-refractivity contribution >= 4 is 39.5 Å². The minimum atomic E-state index is -3.44. The number of benzene rings is 1. The summed E-state index contributed by atoms with van der Waals surface area (Å²) in [6.07, 6.45) is 0.971. The van der Waals surface area contributed by atoms with Gasteiger partial charge in [0.2, 0.25) is 30.1 Å². The van der Waals surface area contributed by atoms with E-state index in [0.717, 1.165) is 31.1 Å². The SMILES string of the molecule is CC1(C)C2CN(C(=O)[C@@H](NC(=O)NC3(CS(C)(=O)=O)CCCCC3)C(C)(C)C)C(C(=O)NC(CC(F)F)C(=O)NCCc3ccc(C(N)=O)cc3)C21. The fourth-order valence-corrected chi connectivity index (χ4v) is 9.39. The molecule has 1 aromatic carbocycles. The molecule has 52 heavy (non-hydrogen) atoms. The Bertz CT molecular complexity index is 1620. The van der Waals surface area contributed by atoms with E-state index in [2.05, 4.69) is 21.3 Å². The first kappa shape index (κ1) is 40.9. The van der Waals surface area contributed by atoms with Gasteiger partial charge in [0.25, 0.3) is 0 Å². The molecule has 0 spiro atoms. The molecule has 6 amide bonds. The third kappa shape index (κ3) is 9.98. The van der Waals surface area contributed by atoms with Gasteiger partial charge in [-0.1, -0.05) is 66.0 Å². The van der Waals surface area contributed by atoms with Crippen LogP contribution in [0.4, 0.5) is 13.6 Å². The van der Waals surface area contributed by atoms with Crippen molar-refractivity contribution < 1.29 is 41.2 Å². The molecule has 1 aliphatic heterocycles. The summed E-state index contributed by atoms with van der Waals surface area (Å²) in [6.45, 7) is 9.46. The van der Waals surface area contributed by atoms with Crippen LogP contribution in [0.5, 0.6) is 0 Å². The third-order valence-corrected chi connectivity index (χ3v) is 12.0. The van der Waals surface area contributed by atoms with Gasteiger partial charge in [-0.25, -0.2) is 22.0 Å². The summed E-state index contributed by atoms with van der Waals surface area (Å²) in [5.41, 5.74) is 4.21. The highest BCUT2D eigenvalue weighted by atomic mass is 32.2. The Morgan fingerprint density at radius 2 is 1.62 bits per heavy atom. The summed E-state index contributed by atoms with van der Waals surface area (Å²) < 4.78 is 52.0. The quantitative estimate of drug-likeness (QED) is 0.193. The van der Waals surface area contributed by atoms with E-state index in [-0.39, 0.29) is 36.1 Å². The average molecular weight is 753 g/mol. The Kier molecular flexibility index (Phi) is 12.3. The van der Waals surface area contributed by atoms with Gasteiger partial charge in [0.1, 0.15) is 28.0 Å². The number of amides is 6. The van der Waals surface area contributed by atoms with Crippen LogP contribution in [-0.2, 0) is 30.6 Å². The van der Waals surface area contributed by atoms with E-state index < -0.39 is 81.4 Å². The van der Waals surface area contributed by atoms with Crippen LogP contribution in [0.25, 0.3) is 0 Å². The number of fused-ring (bicyclic) bond motifs is 1. The van der Waals surface area contributed by atoms with Crippen LogP contribution in [0, 0.1) is 22.7 Å². The van der Waals surface area contributed by atoms with Crippen molar-refractivity contribution in [1.29, 1.82) is 0 Å². The van der Waals surface area contributed by atoms with Crippen LogP contribution in [0.1, 0.15) is 89.1 Å². The van der Waals surface area contributed by atoms with Gasteiger partial charge < -0.3 is 31.9 Å². The molecule has 0 radical (unpaired) electrons. The topological polar surface area (TPSA) is 197 Å². The van der Waals surface area contributed by atoms with E-state index in [1.165, 1.54) is 4.90 Å². The monoisotopic (exact) mass is 752 g/mol. The van der Waals surface area contributed by atoms with Gasteiger partial charge >= 0.3 is 6.03 Å². The van der Waals surface area contributed by atoms with Crippen molar-refractivity contribution in [3.05, 3.63) is 35.4 Å². The lowest BCUT2D eigenvalue weighted by Gasteiger charge is -2.40. The number of hydrogen-bond acceptors (Lipinski definition) is 7. The van der Waals surface area contributed by atoms with Gasteiger partial charge in [-0.15, -0.1) is 0 Å². The fourth-order valence-electron chi connectivity index (χ4n) is 8.03.